The monoisotopic (exact) mass is 559 g/mol. The molecule has 0 saturated carbocycles. The summed E-state index contributed by atoms with van der Waals surface area (Å²) in [4.78, 5) is 15.1. The number of para-hydroxylation sites is 1. The third-order valence-electron chi connectivity index (χ3n) is 4.73. The average Bonchev–Trinajstić information content (AvgIpc) is 3.08. The minimum Gasteiger partial charge on any atom is -0.490 e. The first-order chi connectivity index (χ1) is 16.0. The minimum absolute atomic E-state index is 0.145. The molecule has 1 saturated heterocycles. The maximum atomic E-state index is 13.0. The molecule has 0 atom stereocenters. The van der Waals surface area contributed by atoms with Crippen LogP contribution < -0.4 is 14.4 Å². The van der Waals surface area contributed by atoms with Gasteiger partial charge in [0, 0.05) is 5.02 Å². The van der Waals surface area contributed by atoms with Crippen molar-refractivity contribution in [2.45, 2.75) is 13.5 Å². The van der Waals surface area contributed by atoms with Crippen LogP contribution in [0.1, 0.15) is 18.1 Å². The zero-order chi connectivity index (χ0) is 23.4. The zero-order valence-electron chi connectivity index (χ0n) is 17.6. The van der Waals surface area contributed by atoms with Crippen LogP contribution in [0.4, 0.5) is 5.69 Å². The fourth-order valence-corrected chi connectivity index (χ4v) is 5.23. The lowest BCUT2D eigenvalue weighted by atomic mass is 10.1. The molecule has 1 amide bonds. The molecule has 3 aromatic carbocycles. The van der Waals surface area contributed by atoms with Crippen molar-refractivity contribution in [3.05, 3.63) is 92.3 Å². The highest BCUT2D eigenvalue weighted by molar-refractivity contribution is 9.10. The highest BCUT2D eigenvalue weighted by atomic mass is 79.9. The van der Waals surface area contributed by atoms with E-state index < -0.39 is 0 Å². The number of carbonyl (C=O) groups is 1. The van der Waals surface area contributed by atoms with Gasteiger partial charge in [0.1, 0.15) is 6.61 Å². The predicted octanol–water partition coefficient (Wildman–Crippen LogP) is 7.49. The fourth-order valence-electron chi connectivity index (χ4n) is 3.23. The standard InChI is InChI=1S/C25H19BrClNO3S2/c1-2-30-21-13-17(12-20(26)23(21)31-15-16-8-10-18(27)11-9-16)14-22-24(29)28(25(32)33-22)19-6-4-3-5-7-19/h3-14H,2,15H2,1H3/b22-14+. The zero-order valence-corrected chi connectivity index (χ0v) is 21.6. The second-order valence-corrected chi connectivity index (χ2v) is 10.00. The van der Waals surface area contributed by atoms with Crippen LogP contribution in [-0.4, -0.2) is 16.8 Å². The van der Waals surface area contributed by atoms with Crippen molar-refractivity contribution < 1.29 is 14.3 Å². The molecule has 4 nitrogen and oxygen atoms in total. The number of anilines is 1. The Balaban J connectivity index is 1.59. The topological polar surface area (TPSA) is 38.8 Å². The molecule has 1 heterocycles. The molecule has 0 aromatic heterocycles. The number of thioether (sulfide) groups is 1. The Morgan fingerprint density at radius 2 is 1.82 bits per heavy atom. The second-order valence-electron chi connectivity index (χ2n) is 7.03. The summed E-state index contributed by atoms with van der Waals surface area (Å²) in [6, 6.07) is 20.6. The van der Waals surface area contributed by atoms with E-state index in [0.717, 1.165) is 21.3 Å². The fraction of sp³-hybridized carbons (Fsp3) is 0.120. The number of hydrogen-bond donors (Lipinski definition) is 0. The Labute approximate surface area is 215 Å². The van der Waals surface area contributed by atoms with Gasteiger partial charge in [-0.05, 0) is 76.5 Å². The van der Waals surface area contributed by atoms with Crippen LogP contribution in [0.25, 0.3) is 6.08 Å². The van der Waals surface area contributed by atoms with E-state index in [4.69, 9.17) is 33.3 Å². The van der Waals surface area contributed by atoms with E-state index in [-0.39, 0.29) is 5.91 Å². The van der Waals surface area contributed by atoms with E-state index in [2.05, 4.69) is 15.9 Å². The summed E-state index contributed by atoms with van der Waals surface area (Å²) < 4.78 is 13.1. The van der Waals surface area contributed by atoms with Gasteiger partial charge in [0.15, 0.2) is 15.8 Å². The van der Waals surface area contributed by atoms with Gasteiger partial charge < -0.3 is 9.47 Å². The number of hydrogen-bond acceptors (Lipinski definition) is 5. The third kappa shape index (κ3) is 5.61. The van der Waals surface area contributed by atoms with E-state index in [1.54, 1.807) is 4.90 Å². The van der Waals surface area contributed by atoms with Gasteiger partial charge in [-0.15, -0.1) is 0 Å². The number of nitrogens with zero attached hydrogens (tertiary/aromatic N) is 1. The molecule has 0 unspecified atom stereocenters. The molecule has 8 heteroatoms. The van der Waals surface area contributed by atoms with Crippen LogP contribution in [0.3, 0.4) is 0 Å². The van der Waals surface area contributed by atoms with Crippen LogP contribution in [0, 0.1) is 0 Å². The Morgan fingerprint density at radius 3 is 2.52 bits per heavy atom. The summed E-state index contributed by atoms with van der Waals surface area (Å²) in [6.07, 6.45) is 1.82. The van der Waals surface area contributed by atoms with Crippen LogP contribution >= 0.6 is 51.5 Å². The van der Waals surface area contributed by atoms with Gasteiger partial charge in [-0.3, -0.25) is 9.69 Å². The predicted molar refractivity (Wildman–Crippen MR) is 143 cm³/mol. The summed E-state index contributed by atoms with van der Waals surface area (Å²) >= 11 is 16.3. The molecular formula is C25H19BrClNO3S2. The number of benzene rings is 3. The first kappa shape index (κ1) is 23.8. The maximum Gasteiger partial charge on any atom is 0.270 e. The second kappa shape index (κ2) is 10.7. The number of amides is 1. The maximum absolute atomic E-state index is 13.0. The van der Waals surface area contributed by atoms with E-state index in [0.29, 0.717) is 39.0 Å². The van der Waals surface area contributed by atoms with Crippen molar-refractivity contribution in [1.29, 1.82) is 0 Å². The van der Waals surface area contributed by atoms with Gasteiger partial charge in [0.2, 0.25) is 0 Å². The van der Waals surface area contributed by atoms with Crippen LogP contribution in [0.2, 0.25) is 5.02 Å². The molecular weight excluding hydrogens is 542 g/mol. The van der Waals surface area contributed by atoms with E-state index in [1.807, 2.05) is 79.7 Å². The summed E-state index contributed by atoms with van der Waals surface area (Å²) in [5.41, 5.74) is 2.55. The number of thiocarbonyl (C=S) groups is 1. The Kier molecular flexibility index (Phi) is 7.75. The largest absolute Gasteiger partial charge is 0.490 e. The summed E-state index contributed by atoms with van der Waals surface area (Å²) in [7, 11) is 0. The Morgan fingerprint density at radius 1 is 1.09 bits per heavy atom. The van der Waals surface area contributed by atoms with Gasteiger partial charge in [-0.25, -0.2) is 0 Å². The van der Waals surface area contributed by atoms with Gasteiger partial charge in [-0.1, -0.05) is 65.9 Å². The molecule has 0 aliphatic carbocycles. The number of ether oxygens (including phenoxy) is 2. The molecule has 4 rings (SSSR count). The molecule has 0 radical (unpaired) electrons. The number of carbonyl (C=O) groups excluding carboxylic acids is 1. The summed E-state index contributed by atoms with van der Waals surface area (Å²) in [5, 5.41) is 0.678. The molecule has 0 N–H and O–H groups in total. The molecule has 1 aliphatic heterocycles. The van der Waals surface area contributed by atoms with Crippen molar-refractivity contribution in [3.8, 4) is 11.5 Å². The van der Waals surface area contributed by atoms with E-state index in [1.165, 1.54) is 11.8 Å². The molecule has 1 fully saturated rings. The third-order valence-corrected chi connectivity index (χ3v) is 6.88. The van der Waals surface area contributed by atoms with Crippen LogP contribution in [-0.2, 0) is 11.4 Å². The molecule has 0 spiro atoms. The normalized spacial score (nSPS) is 14.8. The van der Waals surface area contributed by atoms with Gasteiger partial charge >= 0.3 is 0 Å². The highest BCUT2D eigenvalue weighted by Crippen LogP contribution is 2.40. The van der Waals surface area contributed by atoms with E-state index in [9.17, 15) is 4.79 Å². The molecule has 33 heavy (non-hydrogen) atoms. The lowest BCUT2D eigenvalue weighted by Crippen LogP contribution is -2.27. The first-order valence-corrected chi connectivity index (χ1v) is 12.5. The molecule has 1 aliphatic rings. The molecule has 0 bridgehead atoms. The number of halogens is 2. The van der Waals surface area contributed by atoms with Gasteiger partial charge in [-0.2, -0.15) is 0 Å². The minimum atomic E-state index is -0.145. The SMILES string of the molecule is CCOc1cc(/C=C2/SC(=S)N(c3ccccc3)C2=O)cc(Br)c1OCc1ccc(Cl)cc1. The highest BCUT2D eigenvalue weighted by Gasteiger charge is 2.33. The first-order valence-electron chi connectivity index (χ1n) is 10.1. The summed E-state index contributed by atoms with van der Waals surface area (Å²) in [6.45, 7) is 2.75. The lowest BCUT2D eigenvalue weighted by molar-refractivity contribution is -0.113. The van der Waals surface area contributed by atoms with E-state index >= 15 is 0 Å². The van der Waals surface area contributed by atoms with Crippen molar-refractivity contribution in [3.63, 3.8) is 0 Å². The van der Waals surface area contributed by atoms with Crippen molar-refractivity contribution in [1.82, 2.24) is 0 Å². The van der Waals surface area contributed by atoms with Crippen molar-refractivity contribution in [2.24, 2.45) is 0 Å². The molecule has 3 aromatic rings. The van der Waals surface area contributed by atoms with Crippen LogP contribution in [0.15, 0.2) is 76.1 Å². The van der Waals surface area contributed by atoms with Gasteiger partial charge in [0.25, 0.3) is 5.91 Å². The average molecular weight is 561 g/mol. The van der Waals surface area contributed by atoms with Crippen molar-refractivity contribution in [2.75, 3.05) is 11.5 Å². The smallest absolute Gasteiger partial charge is 0.270 e. The Hall–Kier alpha value is -2.32. The Bertz CT molecular complexity index is 1220. The lowest BCUT2D eigenvalue weighted by Gasteiger charge is -2.15. The van der Waals surface area contributed by atoms with Gasteiger partial charge in [0.05, 0.1) is 21.7 Å². The number of rotatable bonds is 7. The molecule has 168 valence electrons. The summed E-state index contributed by atoms with van der Waals surface area (Å²) in [5.74, 6) is 1.04. The quantitative estimate of drug-likeness (QED) is 0.221. The van der Waals surface area contributed by atoms with Crippen LogP contribution in [0.5, 0.6) is 11.5 Å². The van der Waals surface area contributed by atoms with Crippen molar-refractivity contribution >= 4 is 73.5 Å².